The Hall–Kier alpha value is -3.35. The van der Waals surface area contributed by atoms with Crippen LogP contribution >= 0.6 is 23.8 Å². The first kappa shape index (κ1) is 21.5. The zero-order chi connectivity index (χ0) is 22.8. The van der Waals surface area contributed by atoms with Crippen molar-refractivity contribution in [1.29, 1.82) is 0 Å². The number of nitrogens with zero attached hydrogens (tertiary/aromatic N) is 2. The lowest BCUT2D eigenvalue weighted by molar-refractivity contribution is 0.269. The number of hydrogen-bond acceptors (Lipinski definition) is 4. The summed E-state index contributed by atoms with van der Waals surface area (Å²) in [5, 5.41) is 4.82. The zero-order valence-corrected chi connectivity index (χ0v) is 19.5. The van der Waals surface area contributed by atoms with Gasteiger partial charge < -0.3 is 19.4 Å². The second-order valence-corrected chi connectivity index (χ2v) is 8.63. The molecule has 166 valence electrons. The number of furan rings is 1. The van der Waals surface area contributed by atoms with E-state index in [1.807, 2.05) is 78.9 Å². The summed E-state index contributed by atoms with van der Waals surface area (Å²) in [6, 6.07) is 25.2. The molecule has 2 atom stereocenters. The molecule has 4 aromatic rings. The zero-order valence-electron chi connectivity index (χ0n) is 17.9. The SMILES string of the molecule is COc1ccc(CN2C(=S)N[C@@H](c3ccccn3)[C@H]2c2ccc(-c3ccc(Cl)cc3)o2)cc1. The number of benzene rings is 2. The Bertz CT molecular complexity index is 1240. The Morgan fingerprint density at radius 3 is 2.52 bits per heavy atom. The number of methoxy groups -OCH3 is 1. The molecule has 1 saturated heterocycles. The lowest BCUT2D eigenvalue weighted by atomic mass is 10.0. The maximum atomic E-state index is 6.37. The molecular weight excluding hydrogens is 454 g/mol. The summed E-state index contributed by atoms with van der Waals surface area (Å²) in [6.45, 7) is 0.626. The monoisotopic (exact) mass is 475 g/mol. The van der Waals surface area contributed by atoms with Crippen LogP contribution in [-0.2, 0) is 6.54 Å². The molecule has 0 amide bonds. The van der Waals surface area contributed by atoms with Crippen molar-refractivity contribution in [3.8, 4) is 17.1 Å². The number of nitrogens with one attached hydrogen (secondary N) is 1. The van der Waals surface area contributed by atoms with Crippen molar-refractivity contribution in [2.45, 2.75) is 18.6 Å². The molecule has 5 nitrogen and oxygen atoms in total. The van der Waals surface area contributed by atoms with Gasteiger partial charge in [-0.1, -0.05) is 29.8 Å². The van der Waals surface area contributed by atoms with Crippen molar-refractivity contribution in [2.75, 3.05) is 7.11 Å². The minimum absolute atomic E-state index is 0.138. The van der Waals surface area contributed by atoms with Gasteiger partial charge in [0.1, 0.15) is 23.3 Å². The summed E-state index contributed by atoms with van der Waals surface area (Å²) < 4.78 is 11.7. The van der Waals surface area contributed by atoms with Gasteiger partial charge in [0.15, 0.2) is 5.11 Å². The number of halogens is 1. The summed E-state index contributed by atoms with van der Waals surface area (Å²) in [5.41, 5.74) is 3.00. The van der Waals surface area contributed by atoms with Crippen LogP contribution in [0.15, 0.2) is 89.5 Å². The number of aromatic nitrogens is 1. The molecule has 0 bridgehead atoms. The highest BCUT2D eigenvalue weighted by Crippen LogP contribution is 2.41. The molecule has 1 N–H and O–H groups in total. The standard InChI is InChI=1S/C26H22ClN3O2S/c1-31-20-11-5-17(6-12-20)16-30-25(24(29-26(30)33)21-4-2-3-15-28-21)23-14-13-22(32-23)18-7-9-19(27)10-8-18/h2-15,24-25H,16H2,1H3,(H,29,33)/t24-,25+/m0/s1. The van der Waals surface area contributed by atoms with E-state index in [9.17, 15) is 0 Å². The van der Waals surface area contributed by atoms with Crippen molar-refractivity contribution < 1.29 is 9.15 Å². The highest BCUT2D eigenvalue weighted by Gasteiger charge is 2.41. The molecule has 2 aromatic heterocycles. The van der Waals surface area contributed by atoms with E-state index in [0.717, 1.165) is 34.1 Å². The molecular formula is C26H22ClN3O2S. The van der Waals surface area contributed by atoms with Gasteiger partial charge in [-0.05, 0) is 78.4 Å². The van der Waals surface area contributed by atoms with Crippen LogP contribution in [0.1, 0.15) is 29.1 Å². The first-order chi connectivity index (χ1) is 16.1. The number of hydrogen-bond donors (Lipinski definition) is 1. The lowest BCUT2D eigenvalue weighted by Crippen LogP contribution is -2.29. The summed E-state index contributed by atoms with van der Waals surface area (Å²) in [7, 11) is 1.66. The van der Waals surface area contributed by atoms with Crippen LogP contribution < -0.4 is 10.1 Å². The van der Waals surface area contributed by atoms with Crippen LogP contribution in [0.4, 0.5) is 0 Å². The van der Waals surface area contributed by atoms with Crippen LogP contribution in [-0.4, -0.2) is 22.1 Å². The van der Waals surface area contributed by atoms with Crippen molar-refractivity contribution in [1.82, 2.24) is 15.2 Å². The highest BCUT2D eigenvalue weighted by molar-refractivity contribution is 7.80. The quantitative estimate of drug-likeness (QED) is 0.336. The van der Waals surface area contributed by atoms with E-state index in [0.29, 0.717) is 16.7 Å². The molecule has 33 heavy (non-hydrogen) atoms. The molecule has 0 radical (unpaired) electrons. The van der Waals surface area contributed by atoms with Crippen molar-refractivity contribution in [2.24, 2.45) is 0 Å². The van der Waals surface area contributed by atoms with Gasteiger partial charge in [-0.15, -0.1) is 0 Å². The van der Waals surface area contributed by atoms with E-state index in [1.54, 1.807) is 13.3 Å². The molecule has 1 aliphatic rings. The number of pyridine rings is 1. The van der Waals surface area contributed by atoms with Crippen molar-refractivity contribution in [3.05, 3.63) is 107 Å². The van der Waals surface area contributed by atoms with E-state index in [1.165, 1.54) is 0 Å². The highest BCUT2D eigenvalue weighted by atomic mass is 35.5. The van der Waals surface area contributed by atoms with Gasteiger partial charge in [-0.3, -0.25) is 4.98 Å². The van der Waals surface area contributed by atoms with Gasteiger partial charge in [0.25, 0.3) is 0 Å². The third-order valence-corrected chi connectivity index (χ3v) is 6.36. The van der Waals surface area contributed by atoms with E-state index < -0.39 is 0 Å². The van der Waals surface area contributed by atoms with Gasteiger partial charge >= 0.3 is 0 Å². The van der Waals surface area contributed by atoms with Gasteiger partial charge in [-0.2, -0.15) is 0 Å². The van der Waals surface area contributed by atoms with Gasteiger partial charge in [0, 0.05) is 23.3 Å². The second kappa shape index (κ2) is 9.25. The topological polar surface area (TPSA) is 50.5 Å². The molecule has 0 spiro atoms. The maximum absolute atomic E-state index is 6.37. The van der Waals surface area contributed by atoms with E-state index >= 15 is 0 Å². The first-order valence-corrected chi connectivity index (χ1v) is 11.4. The Kier molecular flexibility index (Phi) is 6.03. The fraction of sp³-hybridized carbons (Fsp3) is 0.154. The molecule has 7 heteroatoms. The molecule has 0 aliphatic carbocycles. The lowest BCUT2D eigenvalue weighted by Gasteiger charge is -2.26. The van der Waals surface area contributed by atoms with E-state index in [-0.39, 0.29) is 12.1 Å². The second-order valence-electron chi connectivity index (χ2n) is 7.81. The summed E-state index contributed by atoms with van der Waals surface area (Å²) in [4.78, 5) is 6.74. The van der Waals surface area contributed by atoms with Crippen LogP contribution in [0, 0.1) is 0 Å². The van der Waals surface area contributed by atoms with Gasteiger partial charge in [0.2, 0.25) is 0 Å². The normalized spacial score (nSPS) is 17.8. The van der Waals surface area contributed by atoms with Crippen LogP contribution in [0.25, 0.3) is 11.3 Å². The average molecular weight is 476 g/mol. The molecule has 0 saturated carbocycles. The molecule has 0 unspecified atom stereocenters. The Balaban J connectivity index is 1.51. The molecule has 3 heterocycles. The molecule has 2 aromatic carbocycles. The third kappa shape index (κ3) is 4.45. The Labute approximate surface area is 203 Å². The fourth-order valence-corrected chi connectivity index (χ4v) is 4.52. The predicted molar refractivity (Wildman–Crippen MR) is 133 cm³/mol. The maximum Gasteiger partial charge on any atom is 0.170 e. The van der Waals surface area contributed by atoms with Crippen molar-refractivity contribution in [3.63, 3.8) is 0 Å². The van der Waals surface area contributed by atoms with E-state index in [2.05, 4.69) is 15.2 Å². The average Bonchev–Trinajstić information content (AvgIpc) is 3.45. The Morgan fingerprint density at radius 1 is 1.03 bits per heavy atom. The minimum Gasteiger partial charge on any atom is -0.497 e. The molecule has 1 aliphatic heterocycles. The molecule has 1 fully saturated rings. The summed E-state index contributed by atoms with van der Waals surface area (Å²) in [6.07, 6.45) is 1.80. The Morgan fingerprint density at radius 2 is 1.82 bits per heavy atom. The summed E-state index contributed by atoms with van der Waals surface area (Å²) in [5.74, 6) is 2.42. The van der Waals surface area contributed by atoms with Crippen LogP contribution in [0.5, 0.6) is 5.75 Å². The smallest absolute Gasteiger partial charge is 0.170 e. The van der Waals surface area contributed by atoms with Crippen LogP contribution in [0.2, 0.25) is 5.02 Å². The fourth-order valence-electron chi connectivity index (χ4n) is 4.09. The minimum atomic E-state index is -0.157. The van der Waals surface area contributed by atoms with Crippen molar-refractivity contribution >= 4 is 28.9 Å². The molecule has 5 rings (SSSR count). The predicted octanol–water partition coefficient (Wildman–Crippen LogP) is 6.18. The third-order valence-electron chi connectivity index (χ3n) is 5.76. The van der Waals surface area contributed by atoms with Crippen LogP contribution in [0.3, 0.4) is 0 Å². The summed E-state index contributed by atoms with van der Waals surface area (Å²) >= 11 is 11.8. The number of ether oxygens (including phenoxy) is 1. The largest absolute Gasteiger partial charge is 0.497 e. The van der Waals surface area contributed by atoms with Gasteiger partial charge in [-0.25, -0.2) is 0 Å². The number of rotatable bonds is 6. The first-order valence-electron chi connectivity index (χ1n) is 10.6. The number of thiocarbonyl (C=S) groups is 1. The van der Waals surface area contributed by atoms with E-state index in [4.69, 9.17) is 33.0 Å². The van der Waals surface area contributed by atoms with Gasteiger partial charge in [0.05, 0.1) is 18.8 Å².